The van der Waals surface area contributed by atoms with Crippen LogP contribution in [-0.4, -0.2) is 46.7 Å². The number of fused-ring (bicyclic) bond motifs is 1. The van der Waals surface area contributed by atoms with Gasteiger partial charge in [0.2, 0.25) is 12.4 Å². The number of carboxylic acids is 1. The van der Waals surface area contributed by atoms with Crippen molar-refractivity contribution in [1.82, 2.24) is 9.88 Å². The van der Waals surface area contributed by atoms with Crippen LogP contribution in [0.1, 0.15) is 33.1 Å². The first-order valence-corrected chi connectivity index (χ1v) is 8.97. The largest absolute Gasteiger partial charge is 0.481 e. The first-order valence-electron chi connectivity index (χ1n) is 8.97. The third kappa shape index (κ3) is 3.00. The molecule has 2 atom stereocenters. The highest BCUT2D eigenvalue weighted by Crippen LogP contribution is 2.39. The van der Waals surface area contributed by atoms with Crippen molar-refractivity contribution < 1.29 is 24.2 Å². The van der Waals surface area contributed by atoms with E-state index in [2.05, 4.69) is 4.98 Å². The van der Waals surface area contributed by atoms with Gasteiger partial charge in [0.05, 0.1) is 11.5 Å². The van der Waals surface area contributed by atoms with Gasteiger partial charge in [-0.15, -0.1) is 0 Å². The summed E-state index contributed by atoms with van der Waals surface area (Å²) >= 11 is 0. The number of hydrogen-bond donors (Lipinski definition) is 2. The van der Waals surface area contributed by atoms with Gasteiger partial charge in [-0.2, -0.15) is 0 Å². The van der Waals surface area contributed by atoms with Gasteiger partial charge in [0.25, 0.3) is 5.91 Å². The highest BCUT2D eigenvalue weighted by atomic mass is 16.7. The van der Waals surface area contributed by atoms with E-state index in [1.165, 1.54) is 6.07 Å². The molecule has 2 N–H and O–H groups in total. The molecular weight excluding hydrogens is 364 g/mol. The molecule has 3 heterocycles. The molecule has 4 rings (SSSR count). The molecule has 0 spiro atoms. The van der Waals surface area contributed by atoms with Crippen molar-refractivity contribution in [3.8, 4) is 11.5 Å². The fraction of sp³-hybridized carbons (Fsp3) is 0.350. The number of aryl methyl sites for hydroxylation is 2. The highest BCUT2D eigenvalue weighted by molar-refractivity contribution is 5.97. The second-order valence-corrected chi connectivity index (χ2v) is 7.19. The van der Waals surface area contributed by atoms with E-state index >= 15 is 0 Å². The third-order valence-electron chi connectivity index (χ3n) is 5.39. The number of benzene rings is 1. The highest BCUT2D eigenvalue weighted by Gasteiger charge is 2.41. The van der Waals surface area contributed by atoms with Gasteiger partial charge in [-0.3, -0.25) is 14.4 Å². The quantitative estimate of drug-likeness (QED) is 0.833. The van der Waals surface area contributed by atoms with Crippen LogP contribution in [0.3, 0.4) is 0 Å². The van der Waals surface area contributed by atoms with E-state index in [9.17, 15) is 19.5 Å². The molecule has 2 aliphatic heterocycles. The third-order valence-corrected chi connectivity index (χ3v) is 5.39. The Morgan fingerprint density at radius 2 is 1.89 bits per heavy atom. The predicted molar refractivity (Wildman–Crippen MR) is 98.9 cm³/mol. The average Bonchev–Trinajstić information content (AvgIpc) is 3.27. The summed E-state index contributed by atoms with van der Waals surface area (Å²) in [7, 11) is 0. The Morgan fingerprint density at radius 1 is 1.14 bits per heavy atom. The van der Waals surface area contributed by atoms with Crippen LogP contribution in [0.4, 0.5) is 0 Å². The van der Waals surface area contributed by atoms with Gasteiger partial charge in [-0.1, -0.05) is 6.07 Å². The monoisotopic (exact) mass is 384 g/mol. The van der Waals surface area contributed by atoms with Crippen LogP contribution in [0.25, 0.3) is 0 Å². The second-order valence-electron chi connectivity index (χ2n) is 7.19. The summed E-state index contributed by atoms with van der Waals surface area (Å²) in [4.78, 5) is 40.7. The second kappa shape index (κ2) is 6.70. The van der Waals surface area contributed by atoms with E-state index in [1.807, 2.05) is 6.07 Å². The van der Waals surface area contributed by atoms with E-state index in [-0.39, 0.29) is 37.3 Å². The summed E-state index contributed by atoms with van der Waals surface area (Å²) in [6.45, 7) is 3.89. The first-order chi connectivity index (χ1) is 13.3. The van der Waals surface area contributed by atoms with Crippen molar-refractivity contribution in [2.45, 2.75) is 19.8 Å². The van der Waals surface area contributed by atoms with Crippen molar-refractivity contribution in [3.63, 3.8) is 0 Å². The summed E-state index contributed by atoms with van der Waals surface area (Å²) in [5.74, 6) is -1.11. The molecule has 1 fully saturated rings. The maximum atomic E-state index is 13.1. The predicted octanol–water partition coefficient (Wildman–Crippen LogP) is 1.66. The number of aliphatic carboxylic acids is 1. The number of hydrogen-bond acceptors (Lipinski definition) is 5. The number of rotatable bonds is 3. The number of amides is 1. The number of ether oxygens (including phenoxy) is 2. The number of aromatic nitrogens is 1. The number of pyridine rings is 1. The fourth-order valence-corrected chi connectivity index (χ4v) is 4.04. The lowest BCUT2D eigenvalue weighted by atomic mass is 9.89. The minimum atomic E-state index is -0.951. The zero-order valence-corrected chi connectivity index (χ0v) is 15.5. The van der Waals surface area contributed by atoms with Crippen molar-refractivity contribution in [1.29, 1.82) is 0 Å². The van der Waals surface area contributed by atoms with Gasteiger partial charge in [0.1, 0.15) is 0 Å². The summed E-state index contributed by atoms with van der Waals surface area (Å²) in [6, 6.07) is 6.74. The molecule has 0 bridgehead atoms. The number of carboxylic acid groups (broad SMARTS) is 1. The molecule has 1 amide bonds. The molecule has 2 aliphatic rings. The van der Waals surface area contributed by atoms with E-state index < -0.39 is 11.9 Å². The number of nitrogens with zero attached hydrogens (tertiary/aromatic N) is 1. The zero-order valence-electron chi connectivity index (χ0n) is 15.5. The van der Waals surface area contributed by atoms with E-state index in [1.54, 1.807) is 30.9 Å². The number of H-pyrrole nitrogens is 1. The molecule has 28 heavy (non-hydrogen) atoms. The average molecular weight is 384 g/mol. The van der Waals surface area contributed by atoms with Crippen LogP contribution in [-0.2, 0) is 4.79 Å². The summed E-state index contributed by atoms with van der Waals surface area (Å²) in [5, 5.41) is 9.71. The number of nitrogens with one attached hydrogen (secondary N) is 1. The van der Waals surface area contributed by atoms with Crippen LogP contribution in [0.5, 0.6) is 11.5 Å². The Hall–Kier alpha value is -3.29. The van der Waals surface area contributed by atoms with Crippen molar-refractivity contribution in [3.05, 3.63) is 57.0 Å². The Balaban J connectivity index is 1.65. The fourth-order valence-electron chi connectivity index (χ4n) is 4.04. The maximum absolute atomic E-state index is 13.1. The Bertz CT molecular complexity index is 1000. The molecule has 146 valence electrons. The molecule has 2 aromatic rings. The smallest absolute Gasteiger partial charge is 0.308 e. The molecule has 1 saturated heterocycles. The van der Waals surface area contributed by atoms with Gasteiger partial charge in [0, 0.05) is 30.8 Å². The van der Waals surface area contributed by atoms with Crippen LogP contribution >= 0.6 is 0 Å². The topological polar surface area (TPSA) is 109 Å². The summed E-state index contributed by atoms with van der Waals surface area (Å²) in [6.07, 6.45) is 0. The Labute approximate surface area is 160 Å². The first kappa shape index (κ1) is 18.1. The lowest BCUT2D eigenvalue weighted by Gasteiger charge is -2.19. The Morgan fingerprint density at radius 3 is 2.61 bits per heavy atom. The molecular formula is C20H20N2O6. The molecule has 1 aromatic heterocycles. The van der Waals surface area contributed by atoms with Gasteiger partial charge in [-0.05, 0) is 37.1 Å². The van der Waals surface area contributed by atoms with Crippen molar-refractivity contribution in [2.75, 3.05) is 19.9 Å². The van der Waals surface area contributed by atoms with Crippen molar-refractivity contribution >= 4 is 11.9 Å². The molecule has 0 saturated carbocycles. The molecule has 0 radical (unpaired) electrons. The summed E-state index contributed by atoms with van der Waals surface area (Å²) < 4.78 is 10.7. The SMILES string of the molecule is Cc1cc(=O)[nH]c(C)c1C(=O)N1C[C@@H](C(=O)O)[C@H](c2ccc3c(c2)OCO3)C1. The van der Waals surface area contributed by atoms with Crippen molar-refractivity contribution in [2.24, 2.45) is 5.92 Å². The lowest BCUT2D eigenvalue weighted by Crippen LogP contribution is -2.32. The van der Waals surface area contributed by atoms with Crippen LogP contribution in [0, 0.1) is 19.8 Å². The van der Waals surface area contributed by atoms with Crippen LogP contribution in [0.2, 0.25) is 0 Å². The number of carbonyl (C=O) groups is 2. The summed E-state index contributed by atoms with van der Waals surface area (Å²) in [5.41, 5.74) is 1.99. The minimum absolute atomic E-state index is 0.102. The molecule has 0 unspecified atom stereocenters. The maximum Gasteiger partial charge on any atom is 0.308 e. The number of likely N-dealkylation sites (tertiary alicyclic amines) is 1. The standard InChI is InChI=1S/C20H20N2O6/c1-10-5-17(23)21-11(2)18(10)19(24)22-7-13(14(8-22)20(25)26)12-3-4-15-16(6-12)28-9-27-15/h3-6,13-14H,7-9H2,1-2H3,(H,21,23)(H,25,26)/t13-,14+/m0/s1. The lowest BCUT2D eigenvalue weighted by molar-refractivity contribution is -0.141. The number of aromatic amines is 1. The van der Waals surface area contributed by atoms with Gasteiger partial charge in [-0.25, -0.2) is 0 Å². The zero-order chi connectivity index (χ0) is 20.0. The number of carbonyl (C=O) groups excluding carboxylic acids is 1. The molecule has 1 aromatic carbocycles. The molecule has 0 aliphatic carbocycles. The van der Waals surface area contributed by atoms with Crippen LogP contribution < -0.4 is 15.0 Å². The van der Waals surface area contributed by atoms with Gasteiger partial charge < -0.3 is 24.5 Å². The molecule has 8 nitrogen and oxygen atoms in total. The van der Waals surface area contributed by atoms with Gasteiger partial charge in [0.15, 0.2) is 11.5 Å². The Kier molecular flexibility index (Phi) is 4.33. The molecule has 8 heteroatoms. The van der Waals surface area contributed by atoms with Crippen LogP contribution in [0.15, 0.2) is 29.1 Å². The van der Waals surface area contributed by atoms with Gasteiger partial charge >= 0.3 is 5.97 Å². The van der Waals surface area contributed by atoms with E-state index in [0.717, 1.165) is 5.56 Å². The normalized spacial score (nSPS) is 20.4. The minimum Gasteiger partial charge on any atom is -0.481 e. The van der Waals surface area contributed by atoms with E-state index in [0.29, 0.717) is 28.3 Å². The van der Waals surface area contributed by atoms with E-state index in [4.69, 9.17) is 9.47 Å².